The molecule has 0 heterocycles. The average Bonchev–Trinajstić information content (AvgIpc) is 2.31. The van der Waals surface area contributed by atoms with Gasteiger partial charge in [0.2, 0.25) is 0 Å². The number of phenolic OH excluding ortho intramolecular Hbond substituents is 1. The minimum atomic E-state index is 0.348. The average molecular weight is 221 g/mol. The van der Waals surface area contributed by atoms with Crippen molar-refractivity contribution in [2.45, 2.75) is 33.1 Å². The molecule has 2 nitrogen and oxygen atoms in total. The molecule has 0 spiro atoms. The molecule has 0 amide bonds. The first-order valence-corrected chi connectivity index (χ1v) is 6.24. The summed E-state index contributed by atoms with van der Waals surface area (Å²) in [6.45, 7) is 6.62. The lowest BCUT2D eigenvalue weighted by Crippen LogP contribution is -2.24. The van der Waals surface area contributed by atoms with Gasteiger partial charge in [-0.2, -0.15) is 0 Å². The molecule has 0 aliphatic heterocycles. The Morgan fingerprint density at radius 1 is 1.19 bits per heavy atom. The zero-order chi connectivity index (χ0) is 11.8. The zero-order valence-corrected chi connectivity index (χ0v) is 10.4. The number of benzene rings is 1. The van der Waals surface area contributed by atoms with E-state index in [1.165, 1.54) is 18.4 Å². The van der Waals surface area contributed by atoms with Gasteiger partial charge in [0.1, 0.15) is 5.75 Å². The smallest absolute Gasteiger partial charge is 0.115 e. The predicted octanol–water partition coefficient (Wildman–Crippen LogP) is 2.96. The zero-order valence-electron chi connectivity index (χ0n) is 10.4. The standard InChI is InChI=1S/C14H23NO/c1-3-9-15-11-12(4-2)10-13-5-7-14(16)8-6-13/h5-8,12,15-16H,3-4,9-11H2,1-2H3. The summed E-state index contributed by atoms with van der Waals surface area (Å²) in [5, 5.41) is 12.7. The van der Waals surface area contributed by atoms with E-state index in [1.807, 2.05) is 12.1 Å². The predicted molar refractivity (Wildman–Crippen MR) is 68.8 cm³/mol. The van der Waals surface area contributed by atoms with Crippen LogP contribution in [0.5, 0.6) is 5.75 Å². The van der Waals surface area contributed by atoms with Gasteiger partial charge in [-0.15, -0.1) is 0 Å². The van der Waals surface area contributed by atoms with Crippen molar-refractivity contribution in [3.8, 4) is 5.75 Å². The molecule has 0 bridgehead atoms. The Kier molecular flexibility index (Phi) is 5.94. The highest BCUT2D eigenvalue weighted by Crippen LogP contribution is 2.15. The third-order valence-electron chi connectivity index (χ3n) is 2.90. The second-order valence-electron chi connectivity index (χ2n) is 4.35. The van der Waals surface area contributed by atoms with Crippen molar-refractivity contribution in [3.05, 3.63) is 29.8 Å². The molecule has 0 radical (unpaired) electrons. The fraction of sp³-hybridized carbons (Fsp3) is 0.571. The fourth-order valence-electron chi connectivity index (χ4n) is 1.81. The summed E-state index contributed by atoms with van der Waals surface area (Å²) in [7, 11) is 0. The summed E-state index contributed by atoms with van der Waals surface area (Å²) in [5.74, 6) is 1.04. The SMILES string of the molecule is CCCNCC(CC)Cc1ccc(O)cc1. The van der Waals surface area contributed by atoms with Gasteiger partial charge < -0.3 is 10.4 Å². The van der Waals surface area contributed by atoms with Crippen LogP contribution in [0, 0.1) is 5.92 Å². The van der Waals surface area contributed by atoms with Crippen molar-refractivity contribution < 1.29 is 5.11 Å². The van der Waals surface area contributed by atoms with Crippen LogP contribution in [0.15, 0.2) is 24.3 Å². The van der Waals surface area contributed by atoms with Crippen LogP contribution in [0.4, 0.5) is 0 Å². The highest BCUT2D eigenvalue weighted by atomic mass is 16.3. The van der Waals surface area contributed by atoms with Crippen LogP contribution in [-0.2, 0) is 6.42 Å². The van der Waals surface area contributed by atoms with E-state index in [1.54, 1.807) is 12.1 Å². The van der Waals surface area contributed by atoms with Crippen LogP contribution in [0.1, 0.15) is 32.3 Å². The van der Waals surface area contributed by atoms with E-state index >= 15 is 0 Å². The highest BCUT2D eigenvalue weighted by Gasteiger charge is 2.06. The number of hydrogen-bond acceptors (Lipinski definition) is 2. The first kappa shape index (κ1) is 13.0. The van der Waals surface area contributed by atoms with Gasteiger partial charge in [-0.25, -0.2) is 0 Å². The summed E-state index contributed by atoms with van der Waals surface area (Å²) in [5.41, 5.74) is 1.31. The van der Waals surface area contributed by atoms with Crippen LogP contribution < -0.4 is 5.32 Å². The largest absolute Gasteiger partial charge is 0.508 e. The van der Waals surface area contributed by atoms with Gasteiger partial charge in [-0.05, 0) is 49.5 Å². The number of rotatable bonds is 7. The molecule has 1 aromatic rings. The fourth-order valence-corrected chi connectivity index (χ4v) is 1.81. The summed E-state index contributed by atoms with van der Waals surface area (Å²) in [6.07, 6.45) is 3.47. The molecule has 0 aromatic heterocycles. The maximum absolute atomic E-state index is 9.21. The molecule has 0 aliphatic rings. The van der Waals surface area contributed by atoms with E-state index in [9.17, 15) is 5.11 Å². The second kappa shape index (κ2) is 7.29. The Hall–Kier alpha value is -1.02. The van der Waals surface area contributed by atoms with Gasteiger partial charge in [-0.1, -0.05) is 32.4 Å². The summed E-state index contributed by atoms with van der Waals surface area (Å²) >= 11 is 0. The summed E-state index contributed by atoms with van der Waals surface area (Å²) in [4.78, 5) is 0. The molecule has 1 atom stereocenters. The van der Waals surface area contributed by atoms with E-state index in [0.717, 1.165) is 19.5 Å². The number of aromatic hydroxyl groups is 1. The highest BCUT2D eigenvalue weighted by molar-refractivity contribution is 5.26. The Morgan fingerprint density at radius 3 is 2.44 bits per heavy atom. The molecular weight excluding hydrogens is 198 g/mol. The monoisotopic (exact) mass is 221 g/mol. The first-order valence-electron chi connectivity index (χ1n) is 6.24. The van der Waals surface area contributed by atoms with Crippen molar-refractivity contribution in [1.29, 1.82) is 0 Å². The van der Waals surface area contributed by atoms with Crippen LogP contribution in [0.25, 0.3) is 0 Å². The van der Waals surface area contributed by atoms with Gasteiger partial charge in [0.05, 0.1) is 0 Å². The van der Waals surface area contributed by atoms with E-state index in [4.69, 9.17) is 0 Å². The van der Waals surface area contributed by atoms with E-state index < -0.39 is 0 Å². The van der Waals surface area contributed by atoms with Crippen molar-refractivity contribution in [3.63, 3.8) is 0 Å². The van der Waals surface area contributed by atoms with Gasteiger partial charge in [0, 0.05) is 0 Å². The van der Waals surface area contributed by atoms with Gasteiger partial charge in [0.25, 0.3) is 0 Å². The van der Waals surface area contributed by atoms with Gasteiger partial charge in [-0.3, -0.25) is 0 Å². The van der Waals surface area contributed by atoms with Crippen molar-refractivity contribution in [2.75, 3.05) is 13.1 Å². The third kappa shape index (κ3) is 4.67. The molecule has 0 saturated heterocycles. The summed E-state index contributed by atoms with van der Waals surface area (Å²) < 4.78 is 0. The number of hydrogen-bond donors (Lipinski definition) is 2. The van der Waals surface area contributed by atoms with Crippen molar-refractivity contribution >= 4 is 0 Å². The van der Waals surface area contributed by atoms with Crippen LogP contribution >= 0.6 is 0 Å². The second-order valence-corrected chi connectivity index (χ2v) is 4.35. The lowest BCUT2D eigenvalue weighted by molar-refractivity contribution is 0.458. The molecule has 1 aromatic carbocycles. The quantitative estimate of drug-likeness (QED) is 0.694. The van der Waals surface area contributed by atoms with Gasteiger partial charge >= 0.3 is 0 Å². The molecule has 0 saturated carbocycles. The molecule has 0 fully saturated rings. The van der Waals surface area contributed by atoms with Gasteiger partial charge in [0.15, 0.2) is 0 Å². The third-order valence-corrected chi connectivity index (χ3v) is 2.90. The molecule has 90 valence electrons. The normalized spacial score (nSPS) is 12.6. The van der Waals surface area contributed by atoms with Crippen LogP contribution in [0.3, 0.4) is 0 Å². The molecule has 1 unspecified atom stereocenters. The van der Waals surface area contributed by atoms with Crippen LogP contribution in [-0.4, -0.2) is 18.2 Å². The van der Waals surface area contributed by atoms with E-state index in [-0.39, 0.29) is 0 Å². The first-order chi connectivity index (χ1) is 7.76. The minimum absolute atomic E-state index is 0.348. The van der Waals surface area contributed by atoms with Crippen LogP contribution in [0.2, 0.25) is 0 Å². The Labute approximate surface area is 98.7 Å². The maximum atomic E-state index is 9.21. The van der Waals surface area contributed by atoms with Crippen molar-refractivity contribution in [2.24, 2.45) is 5.92 Å². The Balaban J connectivity index is 2.40. The topological polar surface area (TPSA) is 32.3 Å². The summed E-state index contributed by atoms with van der Waals surface area (Å²) in [6, 6.07) is 7.55. The lowest BCUT2D eigenvalue weighted by Gasteiger charge is -2.15. The molecule has 2 heteroatoms. The maximum Gasteiger partial charge on any atom is 0.115 e. The Morgan fingerprint density at radius 2 is 1.88 bits per heavy atom. The van der Waals surface area contributed by atoms with Crippen molar-refractivity contribution in [1.82, 2.24) is 5.32 Å². The number of nitrogens with one attached hydrogen (secondary N) is 1. The lowest BCUT2D eigenvalue weighted by atomic mass is 9.97. The van der Waals surface area contributed by atoms with E-state index in [2.05, 4.69) is 19.2 Å². The molecule has 0 aliphatic carbocycles. The Bertz CT molecular complexity index is 281. The molecule has 16 heavy (non-hydrogen) atoms. The molecule has 2 N–H and O–H groups in total. The van der Waals surface area contributed by atoms with E-state index in [0.29, 0.717) is 11.7 Å². The number of phenols is 1. The minimum Gasteiger partial charge on any atom is -0.508 e. The molecule has 1 rings (SSSR count). The molecular formula is C14H23NO.